The molecule has 2 atom stereocenters. The van der Waals surface area contributed by atoms with Gasteiger partial charge in [0.15, 0.2) is 0 Å². The number of aromatic nitrogens is 1. The fourth-order valence-corrected chi connectivity index (χ4v) is 5.86. The van der Waals surface area contributed by atoms with E-state index in [2.05, 4.69) is 15.6 Å². The largest absolute Gasteiger partial charge is 0.377 e. The summed E-state index contributed by atoms with van der Waals surface area (Å²) >= 11 is 0. The molecule has 220 valence electrons. The lowest BCUT2D eigenvalue weighted by Crippen LogP contribution is -2.60. The van der Waals surface area contributed by atoms with Gasteiger partial charge >= 0.3 is 11.8 Å². The van der Waals surface area contributed by atoms with Crippen LogP contribution in [0.4, 0.5) is 18.9 Å². The number of fused-ring (bicyclic) bond motifs is 1. The van der Waals surface area contributed by atoms with Crippen molar-refractivity contribution >= 4 is 23.4 Å². The number of para-hydroxylation sites is 1. The highest BCUT2D eigenvalue weighted by Crippen LogP contribution is 2.40. The first-order valence-corrected chi connectivity index (χ1v) is 13.8. The van der Waals surface area contributed by atoms with Crippen LogP contribution in [-0.2, 0) is 14.3 Å². The summed E-state index contributed by atoms with van der Waals surface area (Å²) in [5.74, 6) is -5.12. The molecule has 0 spiro atoms. The Morgan fingerprint density at radius 3 is 2.38 bits per heavy atom. The van der Waals surface area contributed by atoms with Gasteiger partial charge in [0, 0.05) is 37.3 Å². The maximum atomic E-state index is 14.6. The zero-order valence-corrected chi connectivity index (χ0v) is 23.3. The molecule has 11 heteroatoms. The molecular formula is C31H31F3N4O4. The number of benzene rings is 2. The minimum atomic E-state index is -0.998. The van der Waals surface area contributed by atoms with E-state index in [1.165, 1.54) is 11.0 Å². The molecule has 0 bridgehead atoms. The second kappa shape index (κ2) is 11.9. The van der Waals surface area contributed by atoms with Crippen molar-refractivity contribution in [1.82, 2.24) is 15.2 Å². The maximum absolute atomic E-state index is 14.6. The Labute approximate surface area is 241 Å². The van der Waals surface area contributed by atoms with Crippen LogP contribution in [-0.4, -0.2) is 60.0 Å². The number of carbonyl (C=O) groups is 3. The highest BCUT2D eigenvalue weighted by molar-refractivity contribution is 6.39. The molecular weight excluding hydrogens is 549 g/mol. The summed E-state index contributed by atoms with van der Waals surface area (Å²) in [6.07, 6.45) is 1.52. The summed E-state index contributed by atoms with van der Waals surface area (Å²) in [5, 5.41) is 5.41. The lowest BCUT2D eigenvalue weighted by molar-refractivity contribution is -0.139. The van der Waals surface area contributed by atoms with Crippen LogP contribution < -0.4 is 10.6 Å². The predicted octanol–water partition coefficient (Wildman–Crippen LogP) is 4.55. The zero-order valence-electron chi connectivity index (χ0n) is 23.3. The third-order valence-electron chi connectivity index (χ3n) is 8.07. The van der Waals surface area contributed by atoms with Gasteiger partial charge in [-0.2, -0.15) is 0 Å². The molecule has 2 saturated heterocycles. The van der Waals surface area contributed by atoms with Crippen molar-refractivity contribution in [3.8, 4) is 11.3 Å². The third-order valence-corrected chi connectivity index (χ3v) is 8.07. The number of hydrogen-bond acceptors (Lipinski definition) is 5. The number of amides is 3. The Morgan fingerprint density at radius 2 is 1.67 bits per heavy atom. The summed E-state index contributed by atoms with van der Waals surface area (Å²) in [5.41, 5.74) is 0.134. The van der Waals surface area contributed by atoms with Gasteiger partial charge in [0.1, 0.15) is 28.8 Å². The first-order chi connectivity index (χ1) is 20.1. The Bertz CT molecular complexity index is 1510. The highest BCUT2D eigenvalue weighted by Gasteiger charge is 2.47. The van der Waals surface area contributed by atoms with Crippen molar-refractivity contribution in [1.29, 1.82) is 0 Å². The van der Waals surface area contributed by atoms with E-state index in [4.69, 9.17) is 4.74 Å². The lowest BCUT2D eigenvalue weighted by Gasteiger charge is -2.50. The van der Waals surface area contributed by atoms with Crippen molar-refractivity contribution < 1.29 is 32.3 Å². The number of ether oxygens (including phenoxy) is 1. The van der Waals surface area contributed by atoms with E-state index in [0.717, 1.165) is 35.4 Å². The molecule has 42 heavy (non-hydrogen) atoms. The number of piperidine rings is 1. The second-order valence-corrected chi connectivity index (χ2v) is 10.9. The molecule has 2 N–H and O–H groups in total. The molecule has 8 nitrogen and oxygen atoms in total. The summed E-state index contributed by atoms with van der Waals surface area (Å²) in [7, 11) is 0. The Kier molecular flexibility index (Phi) is 8.31. The lowest BCUT2D eigenvalue weighted by atomic mass is 9.72. The SMILES string of the molecule is Cc1cccc(C)c1NC(=O)C(=O)NC[C@@]12CCCO[C@@H]1CCN(C(=O)c1ccc(F)c(-c3c(F)cccc3F)n1)C2. The Balaban J connectivity index is 1.33. The van der Waals surface area contributed by atoms with E-state index in [9.17, 15) is 27.6 Å². The number of nitrogens with zero attached hydrogens (tertiary/aromatic N) is 2. The minimum absolute atomic E-state index is 0.0863. The number of pyridine rings is 1. The quantitative estimate of drug-likeness (QED) is 0.432. The molecule has 3 amide bonds. The fourth-order valence-electron chi connectivity index (χ4n) is 5.86. The van der Waals surface area contributed by atoms with Crippen molar-refractivity contribution in [2.45, 2.75) is 39.2 Å². The molecule has 2 aliphatic heterocycles. The van der Waals surface area contributed by atoms with E-state index in [1.807, 2.05) is 32.0 Å². The number of rotatable bonds is 5. The molecule has 5 rings (SSSR count). The van der Waals surface area contributed by atoms with Gasteiger partial charge in [-0.3, -0.25) is 14.4 Å². The minimum Gasteiger partial charge on any atom is -0.377 e. The van der Waals surface area contributed by atoms with E-state index >= 15 is 0 Å². The number of hydrogen-bond donors (Lipinski definition) is 2. The first-order valence-electron chi connectivity index (χ1n) is 13.8. The van der Waals surface area contributed by atoms with Crippen LogP contribution >= 0.6 is 0 Å². The fraction of sp³-hybridized carbons (Fsp3) is 0.355. The van der Waals surface area contributed by atoms with E-state index in [-0.39, 0.29) is 24.9 Å². The van der Waals surface area contributed by atoms with Gasteiger partial charge in [0.2, 0.25) is 0 Å². The van der Waals surface area contributed by atoms with Crippen LogP contribution in [0.1, 0.15) is 40.9 Å². The number of anilines is 1. The molecule has 0 unspecified atom stereocenters. The topological polar surface area (TPSA) is 101 Å². The number of nitrogens with one attached hydrogen (secondary N) is 2. The molecule has 3 aromatic rings. The third kappa shape index (κ3) is 5.74. The standard InChI is InChI=1S/C31H31F3N4O4/c1-18-6-3-7-19(2)26(18)37-29(40)28(39)35-16-31-13-5-15-42-24(31)12-14-38(17-31)30(41)23-11-10-22(34)27(36-23)25-20(32)8-4-9-21(25)33/h3-4,6-11,24H,5,12-17H2,1-2H3,(H,35,39)(H,37,40)/t24-,31-/m1/s1. The highest BCUT2D eigenvalue weighted by atomic mass is 19.1. The van der Waals surface area contributed by atoms with E-state index in [1.54, 1.807) is 0 Å². The van der Waals surface area contributed by atoms with Crippen molar-refractivity contribution in [2.24, 2.45) is 5.41 Å². The number of aryl methyl sites for hydroxylation is 2. The normalized spacial score (nSPS) is 20.0. The second-order valence-electron chi connectivity index (χ2n) is 10.9. The molecule has 0 saturated carbocycles. The smallest absolute Gasteiger partial charge is 0.313 e. The number of carbonyl (C=O) groups excluding carboxylic acids is 3. The van der Waals surface area contributed by atoms with E-state index in [0.29, 0.717) is 38.1 Å². The van der Waals surface area contributed by atoms with Gasteiger partial charge in [-0.05, 0) is 68.5 Å². The van der Waals surface area contributed by atoms with Gasteiger partial charge in [0.25, 0.3) is 5.91 Å². The molecule has 0 radical (unpaired) electrons. The Hall–Kier alpha value is -4.25. The molecule has 2 aromatic carbocycles. The Morgan fingerprint density at radius 1 is 0.976 bits per heavy atom. The van der Waals surface area contributed by atoms with Gasteiger partial charge in [-0.15, -0.1) is 0 Å². The average Bonchev–Trinajstić information content (AvgIpc) is 2.98. The van der Waals surface area contributed by atoms with Crippen LogP contribution in [0.15, 0.2) is 48.5 Å². The van der Waals surface area contributed by atoms with Gasteiger partial charge in [0.05, 0.1) is 11.7 Å². The van der Waals surface area contributed by atoms with Crippen LogP contribution in [0.2, 0.25) is 0 Å². The summed E-state index contributed by atoms with van der Waals surface area (Å²) in [4.78, 5) is 44.6. The van der Waals surface area contributed by atoms with Gasteiger partial charge in [-0.1, -0.05) is 24.3 Å². The summed E-state index contributed by atoms with van der Waals surface area (Å²) in [6, 6.07) is 10.8. The zero-order chi connectivity index (χ0) is 30.0. The number of likely N-dealkylation sites (tertiary alicyclic amines) is 1. The predicted molar refractivity (Wildman–Crippen MR) is 149 cm³/mol. The van der Waals surface area contributed by atoms with Crippen LogP contribution in [0.5, 0.6) is 0 Å². The van der Waals surface area contributed by atoms with Crippen LogP contribution in [0.3, 0.4) is 0 Å². The van der Waals surface area contributed by atoms with Crippen molar-refractivity contribution in [2.75, 3.05) is 31.6 Å². The average molecular weight is 581 g/mol. The van der Waals surface area contributed by atoms with Crippen molar-refractivity contribution in [3.05, 3.63) is 82.8 Å². The maximum Gasteiger partial charge on any atom is 0.313 e. The van der Waals surface area contributed by atoms with Gasteiger partial charge in [-0.25, -0.2) is 18.2 Å². The van der Waals surface area contributed by atoms with E-state index < -0.39 is 51.8 Å². The molecule has 2 aliphatic rings. The van der Waals surface area contributed by atoms with Crippen molar-refractivity contribution in [3.63, 3.8) is 0 Å². The summed E-state index contributed by atoms with van der Waals surface area (Å²) < 4.78 is 49.4. The number of halogens is 3. The molecule has 1 aromatic heterocycles. The monoisotopic (exact) mass is 580 g/mol. The molecule has 2 fully saturated rings. The molecule has 0 aliphatic carbocycles. The molecule has 3 heterocycles. The van der Waals surface area contributed by atoms with Gasteiger partial charge < -0.3 is 20.3 Å². The van der Waals surface area contributed by atoms with Crippen LogP contribution in [0.25, 0.3) is 11.3 Å². The first kappa shape index (κ1) is 29.2. The summed E-state index contributed by atoms with van der Waals surface area (Å²) in [6.45, 7) is 4.78. The van der Waals surface area contributed by atoms with Crippen LogP contribution in [0, 0.1) is 36.7 Å².